The van der Waals surface area contributed by atoms with Gasteiger partial charge in [0, 0.05) is 59.3 Å². The number of phenols is 2. The monoisotopic (exact) mass is 812 g/mol. The molecule has 1 saturated heterocycles. The van der Waals surface area contributed by atoms with Crippen molar-refractivity contribution in [3.8, 4) is 11.5 Å². The second-order valence-electron chi connectivity index (χ2n) is 18.9. The van der Waals surface area contributed by atoms with Gasteiger partial charge in [0.25, 0.3) is 0 Å². The topological polar surface area (TPSA) is 132 Å². The molecule has 1 saturated carbocycles. The van der Waals surface area contributed by atoms with E-state index in [4.69, 9.17) is 25.0 Å². The van der Waals surface area contributed by atoms with E-state index in [2.05, 4.69) is 108 Å². The second kappa shape index (κ2) is 19.7. The molecule has 2 fully saturated rings. The Morgan fingerprint density at radius 2 is 1.27 bits per heavy atom. The fourth-order valence-corrected chi connectivity index (χ4v) is 7.97. The molecule has 0 radical (unpaired) electrons. The molecule has 0 spiro atoms. The van der Waals surface area contributed by atoms with Crippen LogP contribution < -0.4 is 0 Å². The fraction of sp³-hybridized carbons (Fsp3) is 0.644. The van der Waals surface area contributed by atoms with Crippen molar-refractivity contribution >= 4 is 24.5 Å². The molecule has 2 aliphatic heterocycles. The van der Waals surface area contributed by atoms with Gasteiger partial charge in [0.1, 0.15) is 11.5 Å². The Bertz CT molecular complexity index is 1730. The number of phenolic OH excluding ortho intramolecular Hbond substituents is 2. The minimum absolute atomic E-state index is 0. The van der Waals surface area contributed by atoms with Gasteiger partial charge >= 0.3 is 12.1 Å². The van der Waals surface area contributed by atoms with Crippen molar-refractivity contribution in [2.45, 2.75) is 148 Å². The Kier molecular flexibility index (Phi) is 16.5. The second-order valence-corrected chi connectivity index (χ2v) is 18.9. The zero-order valence-corrected chi connectivity index (χ0v) is 37.1. The predicted molar refractivity (Wildman–Crippen MR) is 226 cm³/mol. The molecule has 0 bridgehead atoms. The van der Waals surface area contributed by atoms with Gasteiger partial charge in [0.2, 0.25) is 0 Å². The molecule has 2 heterocycles. The standard InChI is InChI=1S/C44H67N5O2.CH2O3.Cr/c1-42(2,3)34-25-31(17-13-14-21-48-23-16-24-49-22-15-20-47(10)41(48)49)39(50)32(26-34)29-45-37-18-11-12-19-38(37)46-30-33-27-35(43(4,5)6)28-36(40(33)51)44(7,8)9;2-1(3)4;/h25-30,37-38H,11-24H2,1-10H3,(H-,45,46,50,51);(H2,2,3,4);/p+1. The van der Waals surface area contributed by atoms with Gasteiger partial charge in [0.15, 0.2) is 0 Å². The molecule has 56 heavy (non-hydrogen) atoms. The van der Waals surface area contributed by atoms with Crippen LogP contribution in [0, 0.1) is 0 Å². The fourth-order valence-electron chi connectivity index (χ4n) is 7.97. The van der Waals surface area contributed by atoms with Gasteiger partial charge in [0.05, 0.1) is 51.9 Å². The molecule has 10 nitrogen and oxygen atoms in total. The maximum Gasteiger partial charge on any atom is 0.503 e. The minimum atomic E-state index is -1.83. The molecule has 1 aliphatic carbocycles. The SMILES string of the molecule is C[N+]1=C2N(CCCCc3cc(C(C)(C)C)cc(C=NC4CCCCC4N=Cc4cc(C(C)(C)C)cc(C(C)(C)C)c4O)c3O)CCCN2CCC1.O=C(O)O.[Cr]. The van der Waals surface area contributed by atoms with Crippen molar-refractivity contribution in [1.82, 2.24) is 9.80 Å². The minimum Gasteiger partial charge on any atom is -0.507 e. The Labute approximate surface area is 347 Å². The Morgan fingerprint density at radius 1 is 0.750 bits per heavy atom. The molecule has 4 N–H and O–H groups in total. The van der Waals surface area contributed by atoms with E-state index in [9.17, 15) is 10.2 Å². The zero-order valence-electron chi connectivity index (χ0n) is 35.9. The summed E-state index contributed by atoms with van der Waals surface area (Å²) < 4.78 is 2.44. The number of carboxylic acid groups (broad SMARTS) is 2. The maximum atomic E-state index is 11.6. The van der Waals surface area contributed by atoms with Crippen LogP contribution in [0.4, 0.5) is 4.79 Å². The summed E-state index contributed by atoms with van der Waals surface area (Å²) in [6.07, 6.45) is 11.6. The van der Waals surface area contributed by atoms with Gasteiger partial charge in [-0.05, 0) is 77.2 Å². The van der Waals surface area contributed by atoms with Crippen molar-refractivity contribution in [3.63, 3.8) is 0 Å². The summed E-state index contributed by atoms with van der Waals surface area (Å²) in [5, 5.41) is 36.9. The summed E-state index contributed by atoms with van der Waals surface area (Å²) in [6, 6.07) is 8.67. The number of hydrogen-bond donors (Lipinski definition) is 4. The quantitative estimate of drug-likeness (QED) is 0.113. The molecule has 2 aromatic rings. The molecule has 5 rings (SSSR count). The third kappa shape index (κ3) is 12.7. The molecule has 310 valence electrons. The van der Waals surface area contributed by atoms with Crippen molar-refractivity contribution in [1.29, 1.82) is 0 Å². The number of aromatic hydroxyl groups is 2. The van der Waals surface area contributed by atoms with Crippen LogP contribution in [-0.4, -0.2) is 111 Å². The molecule has 2 aromatic carbocycles. The van der Waals surface area contributed by atoms with Crippen molar-refractivity contribution < 1.29 is 47.2 Å². The molecule has 2 unspecified atom stereocenters. The number of nitrogens with zero attached hydrogens (tertiary/aromatic N) is 5. The number of carbonyl (C=O) groups is 1. The van der Waals surface area contributed by atoms with Crippen LogP contribution >= 0.6 is 0 Å². The first kappa shape index (κ1) is 46.8. The van der Waals surface area contributed by atoms with Crippen LogP contribution in [0.2, 0.25) is 0 Å². The average molecular weight is 813 g/mol. The number of aliphatic imine (C=N–C) groups is 2. The Hall–Kier alpha value is -3.55. The zero-order chi connectivity index (χ0) is 40.7. The molecule has 0 amide bonds. The summed E-state index contributed by atoms with van der Waals surface area (Å²) >= 11 is 0. The normalized spacial score (nSPS) is 19.5. The van der Waals surface area contributed by atoms with Crippen LogP contribution in [0.15, 0.2) is 34.3 Å². The number of fused-ring (bicyclic) bond motifs is 1. The first-order valence-corrected chi connectivity index (χ1v) is 20.5. The molecule has 3 aliphatic rings. The van der Waals surface area contributed by atoms with Gasteiger partial charge < -0.3 is 20.4 Å². The van der Waals surface area contributed by atoms with Crippen LogP contribution in [0.25, 0.3) is 0 Å². The van der Waals surface area contributed by atoms with Crippen molar-refractivity contribution in [2.24, 2.45) is 9.98 Å². The number of aryl methyl sites for hydroxylation is 1. The smallest absolute Gasteiger partial charge is 0.503 e. The van der Waals surface area contributed by atoms with E-state index < -0.39 is 6.16 Å². The van der Waals surface area contributed by atoms with Crippen LogP contribution in [-0.2, 0) is 40.0 Å². The van der Waals surface area contributed by atoms with Gasteiger partial charge in [-0.25, -0.2) is 4.79 Å². The number of unbranched alkanes of at least 4 members (excludes halogenated alkanes) is 1. The van der Waals surface area contributed by atoms with Crippen LogP contribution in [0.3, 0.4) is 0 Å². The first-order chi connectivity index (χ1) is 25.7. The van der Waals surface area contributed by atoms with E-state index in [1.54, 1.807) is 0 Å². The Morgan fingerprint density at radius 3 is 1.80 bits per heavy atom. The third-order valence-corrected chi connectivity index (χ3v) is 11.2. The van der Waals surface area contributed by atoms with E-state index >= 15 is 0 Å². The summed E-state index contributed by atoms with van der Waals surface area (Å²) in [4.78, 5) is 23.9. The number of hydrogen-bond acceptors (Lipinski definition) is 7. The van der Waals surface area contributed by atoms with E-state index in [1.165, 1.54) is 43.0 Å². The van der Waals surface area contributed by atoms with E-state index in [0.717, 1.165) is 86.8 Å². The Balaban J connectivity index is 0.00000160. The summed E-state index contributed by atoms with van der Waals surface area (Å²) in [5.74, 6) is 2.11. The maximum absolute atomic E-state index is 11.6. The van der Waals surface area contributed by atoms with Gasteiger partial charge in [-0.1, -0.05) is 87.3 Å². The van der Waals surface area contributed by atoms with Gasteiger partial charge in [-0.15, -0.1) is 0 Å². The van der Waals surface area contributed by atoms with E-state index in [1.807, 2.05) is 12.4 Å². The van der Waals surface area contributed by atoms with Crippen molar-refractivity contribution in [3.05, 3.63) is 57.6 Å². The average Bonchev–Trinajstić information content (AvgIpc) is 3.08. The largest absolute Gasteiger partial charge is 0.507 e. The van der Waals surface area contributed by atoms with Gasteiger partial charge in [-0.3, -0.25) is 24.4 Å². The van der Waals surface area contributed by atoms with E-state index in [-0.39, 0.29) is 45.7 Å². The molecular formula is C45H70CrN5O5+. The molecule has 2 atom stereocenters. The van der Waals surface area contributed by atoms with Gasteiger partial charge in [-0.2, -0.15) is 0 Å². The number of benzene rings is 2. The van der Waals surface area contributed by atoms with Crippen molar-refractivity contribution in [2.75, 3.05) is 39.8 Å². The third-order valence-electron chi connectivity index (χ3n) is 11.2. The predicted octanol–water partition coefficient (Wildman–Crippen LogP) is 8.79. The van der Waals surface area contributed by atoms with Crippen LogP contribution in [0.5, 0.6) is 11.5 Å². The number of guanidine groups is 1. The summed E-state index contributed by atoms with van der Waals surface area (Å²) in [6.45, 7) is 25.5. The molecular weight excluding hydrogens is 743 g/mol. The molecule has 0 aromatic heterocycles. The molecule has 11 heteroatoms. The van der Waals surface area contributed by atoms with E-state index in [0.29, 0.717) is 11.5 Å². The summed E-state index contributed by atoms with van der Waals surface area (Å²) in [7, 11) is 2.24. The first-order valence-electron chi connectivity index (χ1n) is 20.5. The summed E-state index contributed by atoms with van der Waals surface area (Å²) in [5.41, 5.74) is 5.71. The number of rotatable bonds is 9. The van der Waals surface area contributed by atoms with Crippen LogP contribution in [0.1, 0.15) is 147 Å².